The van der Waals surface area contributed by atoms with Gasteiger partial charge in [0.1, 0.15) is 5.82 Å². The van der Waals surface area contributed by atoms with Crippen LogP contribution >= 0.6 is 0 Å². The number of nitrogens with two attached hydrogens (primary N) is 1. The van der Waals surface area contributed by atoms with Crippen molar-refractivity contribution in [3.63, 3.8) is 0 Å². The van der Waals surface area contributed by atoms with Gasteiger partial charge in [0, 0.05) is 24.5 Å². The van der Waals surface area contributed by atoms with E-state index in [1.165, 1.54) is 25.7 Å². The van der Waals surface area contributed by atoms with Crippen LogP contribution in [0, 0.1) is 0 Å². The molecular formula is C13H19N3. The average molecular weight is 217 g/mol. The molecule has 0 fully saturated rings. The van der Waals surface area contributed by atoms with Crippen LogP contribution in [0.4, 0.5) is 11.5 Å². The van der Waals surface area contributed by atoms with Gasteiger partial charge in [0.25, 0.3) is 0 Å². The average Bonchev–Trinajstić information content (AvgIpc) is 2.30. The molecule has 0 amide bonds. The summed E-state index contributed by atoms with van der Waals surface area (Å²) in [5, 5.41) is 3.30. The molecule has 0 aliphatic heterocycles. The fourth-order valence-electron chi connectivity index (χ4n) is 2.03. The normalized spacial score (nSPS) is 15.6. The van der Waals surface area contributed by atoms with Gasteiger partial charge in [-0.2, -0.15) is 0 Å². The number of rotatable bonds is 4. The van der Waals surface area contributed by atoms with Gasteiger partial charge in [-0.05, 0) is 38.2 Å². The lowest BCUT2D eigenvalue weighted by Crippen LogP contribution is -2.05. The second-order valence-corrected chi connectivity index (χ2v) is 4.26. The van der Waals surface area contributed by atoms with Crippen LogP contribution in [-0.2, 0) is 0 Å². The van der Waals surface area contributed by atoms with Gasteiger partial charge in [-0.1, -0.05) is 11.6 Å². The lowest BCUT2D eigenvalue weighted by molar-refractivity contribution is 0.679. The molecule has 2 rings (SSSR count). The van der Waals surface area contributed by atoms with Crippen molar-refractivity contribution in [2.24, 2.45) is 0 Å². The van der Waals surface area contributed by atoms with Gasteiger partial charge >= 0.3 is 0 Å². The van der Waals surface area contributed by atoms with Crippen molar-refractivity contribution >= 4 is 11.5 Å². The van der Waals surface area contributed by atoms with Crippen LogP contribution in [0.25, 0.3) is 0 Å². The quantitative estimate of drug-likeness (QED) is 0.762. The molecule has 1 aromatic heterocycles. The minimum atomic E-state index is 0.759. The Hall–Kier alpha value is -1.51. The number of hydrogen-bond donors (Lipinski definition) is 2. The van der Waals surface area contributed by atoms with Crippen LogP contribution < -0.4 is 11.1 Å². The zero-order chi connectivity index (χ0) is 11.2. The summed E-state index contributed by atoms with van der Waals surface area (Å²) in [6, 6.07) is 3.67. The van der Waals surface area contributed by atoms with E-state index >= 15 is 0 Å². The number of hydrogen-bond acceptors (Lipinski definition) is 3. The SMILES string of the molecule is Nc1ccnc(NCCC2=CCCCC2)c1. The minimum Gasteiger partial charge on any atom is -0.399 e. The molecule has 0 radical (unpaired) electrons. The number of anilines is 2. The fraction of sp³-hybridized carbons (Fsp3) is 0.462. The minimum absolute atomic E-state index is 0.759. The summed E-state index contributed by atoms with van der Waals surface area (Å²) in [7, 11) is 0. The number of nitrogens with one attached hydrogen (secondary N) is 1. The summed E-state index contributed by atoms with van der Waals surface area (Å²) in [6.45, 7) is 0.947. The van der Waals surface area contributed by atoms with Crippen molar-refractivity contribution < 1.29 is 0 Å². The molecule has 0 unspecified atom stereocenters. The van der Waals surface area contributed by atoms with Gasteiger partial charge in [0.05, 0.1) is 0 Å². The molecular weight excluding hydrogens is 198 g/mol. The molecule has 0 aromatic carbocycles. The van der Waals surface area contributed by atoms with E-state index < -0.39 is 0 Å². The standard InChI is InChI=1S/C13H19N3/c14-12-7-9-16-13(10-12)15-8-6-11-4-2-1-3-5-11/h4,7,9-10H,1-3,5-6,8H2,(H3,14,15,16). The molecule has 0 bridgehead atoms. The Bertz CT molecular complexity index is 371. The Balaban J connectivity index is 1.77. The van der Waals surface area contributed by atoms with E-state index in [2.05, 4.69) is 16.4 Å². The van der Waals surface area contributed by atoms with Crippen LogP contribution in [0.1, 0.15) is 32.1 Å². The van der Waals surface area contributed by atoms with Crippen molar-refractivity contribution in [1.29, 1.82) is 0 Å². The molecule has 0 spiro atoms. The summed E-state index contributed by atoms with van der Waals surface area (Å²) < 4.78 is 0. The van der Waals surface area contributed by atoms with E-state index in [9.17, 15) is 0 Å². The number of allylic oxidation sites excluding steroid dienone is 1. The van der Waals surface area contributed by atoms with Crippen molar-refractivity contribution in [3.05, 3.63) is 30.0 Å². The summed E-state index contributed by atoms with van der Waals surface area (Å²) in [5.41, 5.74) is 8.03. The van der Waals surface area contributed by atoms with Crippen LogP contribution in [-0.4, -0.2) is 11.5 Å². The van der Waals surface area contributed by atoms with Crippen LogP contribution in [0.3, 0.4) is 0 Å². The zero-order valence-corrected chi connectivity index (χ0v) is 9.58. The van der Waals surface area contributed by atoms with Gasteiger partial charge < -0.3 is 11.1 Å². The maximum absolute atomic E-state index is 5.68. The van der Waals surface area contributed by atoms with E-state index in [-0.39, 0.29) is 0 Å². The summed E-state index contributed by atoms with van der Waals surface area (Å²) in [4.78, 5) is 4.21. The number of nitrogen functional groups attached to an aromatic ring is 1. The van der Waals surface area contributed by atoms with Crippen molar-refractivity contribution in [3.8, 4) is 0 Å². The molecule has 0 atom stereocenters. The van der Waals surface area contributed by atoms with Gasteiger partial charge in [-0.15, -0.1) is 0 Å². The first kappa shape index (κ1) is 11.0. The zero-order valence-electron chi connectivity index (χ0n) is 9.58. The molecule has 1 heterocycles. The highest BCUT2D eigenvalue weighted by atomic mass is 15.0. The number of nitrogens with zero attached hydrogens (tertiary/aromatic N) is 1. The van der Waals surface area contributed by atoms with E-state index in [0.717, 1.165) is 24.5 Å². The van der Waals surface area contributed by atoms with E-state index in [4.69, 9.17) is 5.73 Å². The predicted octanol–water partition coefficient (Wildman–Crippen LogP) is 2.97. The Kier molecular flexibility index (Phi) is 3.81. The molecule has 86 valence electrons. The predicted molar refractivity (Wildman–Crippen MR) is 68.3 cm³/mol. The van der Waals surface area contributed by atoms with Crippen LogP contribution in [0.5, 0.6) is 0 Å². The van der Waals surface area contributed by atoms with E-state index in [0.29, 0.717) is 0 Å². The number of pyridine rings is 1. The molecule has 3 heteroatoms. The first-order chi connectivity index (χ1) is 7.84. The molecule has 3 N–H and O–H groups in total. The topological polar surface area (TPSA) is 50.9 Å². The molecule has 1 aliphatic carbocycles. The second kappa shape index (κ2) is 5.54. The highest BCUT2D eigenvalue weighted by Crippen LogP contribution is 2.20. The molecule has 0 saturated carbocycles. The van der Waals surface area contributed by atoms with Gasteiger partial charge in [-0.3, -0.25) is 0 Å². The summed E-state index contributed by atoms with van der Waals surface area (Å²) in [6.07, 6.45) is 10.5. The highest BCUT2D eigenvalue weighted by molar-refractivity contribution is 5.48. The largest absolute Gasteiger partial charge is 0.399 e. The Morgan fingerprint density at radius 1 is 1.38 bits per heavy atom. The maximum Gasteiger partial charge on any atom is 0.127 e. The molecule has 3 nitrogen and oxygen atoms in total. The summed E-state index contributed by atoms with van der Waals surface area (Å²) in [5.74, 6) is 0.872. The third-order valence-electron chi connectivity index (χ3n) is 2.92. The molecule has 1 aromatic rings. The van der Waals surface area contributed by atoms with Crippen LogP contribution in [0.2, 0.25) is 0 Å². The van der Waals surface area contributed by atoms with Gasteiger partial charge in [0.15, 0.2) is 0 Å². The molecule has 1 aliphatic rings. The highest BCUT2D eigenvalue weighted by Gasteiger charge is 2.03. The van der Waals surface area contributed by atoms with Crippen molar-refractivity contribution in [2.45, 2.75) is 32.1 Å². The van der Waals surface area contributed by atoms with E-state index in [1.54, 1.807) is 17.8 Å². The lowest BCUT2D eigenvalue weighted by Gasteiger charge is -2.13. The fourth-order valence-corrected chi connectivity index (χ4v) is 2.03. The first-order valence-electron chi connectivity index (χ1n) is 5.98. The Labute approximate surface area is 96.8 Å². The smallest absolute Gasteiger partial charge is 0.127 e. The maximum atomic E-state index is 5.68. The van der Waals surface area contributed by atoms with Gasteiger partial charge in [0.2, 0.25) is 0 Å². The molecule has 0 saturated heterocycles. The van der Waals surface area contributed by atoms with Crippen molar-refractivity contribution in [1.82, 2.24) is 4.98 Å². The third-order valence-corrected chi connectivity index (χ3v) is 2.92. The molecule has 16 heavy (non-hydrogen) atoms. The van der Waals surface area contributed by atoms with E-state index in [1.807, 2.05) is 6.07 Å². The lowest BCUT2D eigenvalue weighted by atomic mass is 9.97. The first-order valence-corrected chi connectivity index (χ1v) is 5.98. The Morgan fingerprint density at radius 2 is 2.31 bits per heavy atom. The summed E-state index contributed by atoms with van der Waals surface area (Å²) >= 11 is 0. The van der Waals surface area contributed by atoms with Crippen molar-refractivity contribution in [2.75, 3.05) is 17.6 Å². The number of aromatic nitrogens is 1. The van der Waals surface area contributed by atoms with Gasteiger partial charge in [-0.25, -0.2) is 4.98 Å². The Morgan fingerprint density at radius 3 is 3.06 bits per heavy atom. The second-order valence-electron chi connectivity index (χ2n) is 4.26. The van der Waals surface area contributed by atoms with Crippen LogP contribution in [0.15, 0.2) is 30.0 Å². The monoisotopic (exact) mass is 217 g/mol. The third kappa shape index (κ3) is 3.26.